The highest BCUT2D eigenvalue weighted by molar-refractivity contribution is 5.73. The summed E-state index contributed by atoms with van der Waals surface area (Å²) in [5.41, 5.74) is 6.36. The Balaban J connectivity index is 2.76. The Morgan fingerprint density at radius 2 is 2.13 bits per heavy atom. The summed E-state index contributed by atoms with van der Waals surface area (Å²) in [6, 6.07) is 0.150. The molecule has 1 atom stereocenters. The van der Waals surface area contributed by atoms with Crippen LogP contribution in [0.1, 0.15) is 6.92 Å². The highest BCUT2D eigenvalue weighted by Gasteiger charge is 2.09. The first-order chi connectivity index (χ1) is 7.19. The van der Waals surface area contributed by atoms with Crippen LogP contribution in [-0.2, 0) is 4.74 Å². The molecule has 1 aromatic heterocycles. The van der Waals surface area contributed by atoms with Crippen molar-refractivity contribution in [2.45, 2.75) is 13.0 Å². The van der Waals surface area contributed by atoms with E-state index in [2.05, 4.69) is 20.6 Å². The molecule has 84 valence electrons. The van der Waals surface area contributed by atoms with Gasteiger partial charge in [0.2, 0.25) is 0 Å². The summed E-state index contributed by atoms with van der Waals surface area (Å²) in [5.74, 6) is 1.25. The molecular formula is C9H17N5O. The van der Waals surface area contributed by atoms with Gasteiger partial charge in [0.1, 0.15) is 12.0 Å². The third-order valence-corrected chi connectivity index (χ3v) is 1.92. The van der Waals surface area contributed by atoms with Crippen molar-refractivity contribution in [2.75, 3.05) is 37.1 Å². The van der Waals surface area contributed by atoms with Crippen LogP contribution in [-0.4, -0.2) is 36.8 Å². The number of nitrogen functional groups attached to an aromatic ring is 1. The Bertz CT molecular complexity index is 317. The first kappa shape index (κ1) is 11.5. The van der Waals surface area contributed by atoms with E-state index >= 15 is 0 Å². The minimum Gasteiger partial charge on any atom is -0.393 e. The summed E-state index contributed by atoms with van der Waals surface area (Å²) in [7, 11) is 3.42. The Hall–Kier alpha value is -1.56. The molecule has 0 amide bonds. The van der Waals surface area contributed by atoms with Gasteiger partial charge in [-0.25, -0.2) is 9.97 Å². The maximum atomic E-state index is 5.85. The van der Waals surface area contributed by atoms with Crippen molar-refractivity contribution < 1.29 is 4.74 Å². The van der Waals surface area contributed by atoms with Gasteiger partial charge in [0.15, 0.2) is 11.6 Å². The van der Waals surface area contributed by atoms with Crippen molar-refractivity contribution in [2.24, 2.45) is 0 Å². The molecule has 0 fully saturated rings. The maximum absolute atomic E-state index is 5.85. The molecule has 1 rings (SSSR count). The van der Waals surface area contributed by atoms with Crippen molar-refractivity contribution in [3.63, 3.8) is 0 Å². The summed E-state index contributed by atoms with van der Waals surface area (Å²) in [6.07, 6.45) is 1.46. The van der Waals surface area contributed by atoms with Crippen molar-refractivity contribution in [3.05, 3.63) is 6.33 Å². The SMILES string of the molecule is CNc1ncnc(NC(C)COC)c1N. The first-order valence-corrected chi connectivity index (χ1v) is 4.72. The molecule has 0 aliphatic carbocycles. The van der Waals surface area contributed by atoms with E-state index in [4.69, 9.17) is 10.5 Å². The van der Waals surface area contributed by atoms with E-state index in [0.717, 1.165) is 0 Å². The molecule has 1 unspecified atom stereocenters. The Labute approximate surface area is 89.2 Å². The summed E-state index contributed by atoms with van der Waals surface area (Å²) in [6.45, 7) is 2.59. The maximum Gasteiger partial charge on any atom is 0.155 e. The normalized spacial score (nSPS) is 12.2. The predicted octanol–water partition coefficient (Wildman–Crippen LogP) is 0.547. The van der Waals surface area contributed by atoms with Crippen LogP contribution in [0.5, 0.6) is 0 Å². The molecule has 0 aliphatic heterocycles. The van der Waals surface area contributed by atoms with Crippen molar-refractivity contribution in [3.8, 4) is 0 Å². The molecule has 0 aliphatic rings. The average Bonchev–Trinajstić information content (AvgIpc) is 2.21. The zero-order chi connectivity index (χ0) is 11.3. The van der Waals surface area contributed by atoms with Gasteiger partial charge in [0, 0.05) is 20.2 Å². The van der Waals surface area contributed by atoms with Crippen molar-refractivity contribution in [1.29, 1.82) is 0 Å². The van der Waals surface area contributed by atoms with Gasteiger partial charge in [-0.2, -0.15) is 0 Å². The lowest BCUT2D eigenvalue weighted by atomic mass is 10.3. The van der Waals surface area contributed by atoms with E-state index in [1.165, 1.54) is 6.33 Å². The molecule has 15 heavy (non-hydrogen) atoms. The lowest BCUT2D eigenvalue weighted by Gasteiger charge is -2.15. The molecule has 0 saturated carbocycles. The largest absolute Gasteiger partial charge is 0.393 e. The minimum absolute atomic E-state index is 0.150. The zero-order valence-electron chi connectivity index (χ0n) is 9.24. The minimum atomic E-state index is 0.150. The number of nitrogens with two attached hydrogens (primary N) is 1. The lowest BCUT2D eigenvalue weighted by molar-refractivity contribution is 0.190. The fourth-order valence-corrected chi connectivity index (χ4v) is 1.23. The summed E-state index contributed by atoms with van der Waals surface area (Å²) in [4.78, 5) is 8.06. The van der Waals surface area contributed by atoms with E-state index in [1.54, 1.807) is 14.2 Å². The van der Waals surface area contributed by atoms with Gasteiger partial charge in [-0.05, 0) is 6.92 Å². The smallest absolute Gasteiger partial charge is 0.155 e. The molecule has 0 bridgehead atoms. The number of rotatable bonds is 5. The number of ether oxygens (including phenoxy) is 1. The molecule has 0 spiro atoms. The van der Waals surface area contributed by atoms with Crippen LogP contribution in [0.3, 0.4) is 0 Å². The van der Waals surface area contributed by atoms with Crippen molar-refractivity contribution in [1.82, 2.24) is 9.97 Å². The number of hydrogen-bond acceptors (Lipinski definition) is 6. The second-order valence-corrected chi connectivity index (χ2v) is 3.24. The molecule has 1 aromatic rings. The fraction of sp³-hybridized carbons (Fsp3) is 0.556. The van der Waals surface area contributed by atoms with Gasteiger partial charge in [0.25, 0.3) is 0 Å². The standard InChI is InChI=1S/C9H17N5O/c1-6(4-15-3)14-9-7(10)8(11-2)12-5-13-9/h5-6H,4,10H2,1-3H3,(H2,11,12,13,14). The quantitative estimate of drug-likeness (QED) is 0.659. The summed E-state index contributed by atoms with van der Waals surface area (Å²) >= 11 is 0. The first-order valence-electron chi connectivity index (χ1n) is 4.72. The highest BCUT2D eigenvalue weighted by atomic mass is 16.5. The van der Waals surface area contributed by atoms with Gasteiger partial charge in [0.05, 0.1) is 6.61 Å². The van der Waals surface area contributed by atoms with Crippen LogP contribution >= 0.6 is 0 Å². The number of aromatic nitrogens is 2. The predicted molar refractivity (Wildman–Crippen MR) is 61.0 cm³/mol. The van der Waals surface area contributed by atoms with E-state index in [1.807, 2.05) is 6.92 Å². The van der Waals surface area contributed by atoms with E-state index < -0.39 is 0 Å². The fourth-order valence-electron chi connectivity index (χ4n) is 1.23. The molecular weight excluding hydrogens is 194 g/mol. The Morgan fingerprint density at radius 1 is 1.47 bits per heavy atom. The molecule has 1 heterocycles. The Kier molecular flexibility index (Phi) is 4.11. The number of methoxy groups -OCH3 is 1. The third kappa shape index (κ3) is 2.95. The van der Waals surface area contributed by atoms with Crippen LogP contribution in [0.25, 0.3) is 0 Å². The van der Waals surface area contributed by atoms with Crippen LogP contribution in [0.15, 0.2) is 6.33 Å². The number of nitrogens with one attached hydrogen (secondary N) is 2. The summed E-state index contributed by atoms with van der Waals surface area (Å²) in [5, 5.41) is 6.04. The number of anilines is 3. The van der Waals surface area contributed by atoms with Gasteiger partial charge in [-0.3, -0.25) is 0 Å². The van der Waals surface area contributed by atoms with E-state index in [9.17, 15) is 0 Å². The van der Waals surface area contributed by atoms with Crippen LogP contribution in [0.2, 0.25) is 0 Å². The van der Waals surface area contributed by atoms with E-state index in [0.29, 0.717) is 23.9 Å². The molecule has 6 nitrogen and oxygen atoms in total. The lowest BCUT2D eigenvalue weighted by Crippen LogP contribution is -2.22. The van der Waals surface area contributed by atoms with Gasteiger partial charge in [-0.15, -0.1) is 0 Å². The molecule has 0 saturated heterocycles. The Morgan fingerprint density at radius 3 is 2.73 bits per heavy atom. The van der Waals surface area contributed by atoms with Crippen LogP contribution in [0.4, 0.5) is 17.3 Å². The molecule has 0 aromatic carbocycles. The van der Waals surface area contributed by atoms with Gasteiger partial charge >= 0.3 is 0 Å². The topological polar surface area (TPSA) is 85.1 Å². The molecule has 6 heteroatoms. The number of nitrogens with zero attached hydrogens (tertiary/aromatic N) is 2. The number of hydrogen-bond donors (Lipinski definition) is 3. The van der Waals surface area contributed by atoms with E-state index in [-0.39, 0.29) is 6.04 Å². The molecule has 4 N–H and O–H groups in total. The second kappa shape index (κ2) is 5.35. The molecule has 0 radical (unpaired) electrons. The van der Waals surface area contributed by atoms with Gasteiger partial charge in [-0.1, -0.05) is 0 Å². The zero-order valence-corrected chi connectivity index (χ0v) is 9.24. The third-order valence-electron chi connectivity index (χ3n) is 1.92. The van der Waals surface area contributed by atoms with Crippen molar-refractivity contribution >= 4 is 17.3 Å². The monoisotopic (exact) mass is 211 g/mol. The van der Waals surface area contributed by atoms with Gasteiger partial charge < -0.3 is 21.1 Å². The average molecular weight is 211 g/mol. The summed E-state index contributed by atoms with van der Waals surface area (Å²) < 4.78 is 5.01. The van der Waals surface area contributed by atoms with Crippen LogP contribution < -0.4 is 16.4 Å². The highest BCUT2D eigenvalue weighted by Crippen LogP contribution is 2.22. The second-order valence-electron chi connectivity index (χ2n) is 3.24. The van der Waals surface area contributed by atoms with Crippen LogP contribution in [0, 0.1) is 0 Å².